The van der Waals surface area contributed by atoms with Crippen LogP contribution in [-0.2, 0) is 0 Å². The number of piperazine rings is 1. The highest BCUT2D eigenvalue weighted by molar-refractivity contribution is 5.85. The molecule has 0 radical (unpaired) electrons. The molecular formula is C14H26Cl2N2O. The van der Waals surface area contributed by atoms with Crippen molar-refractivity contribution < 1.29 is 4.42 Å². The maximum Gasteiger partial charge on any atom is 0.121 e. The summed E-state index contributed by atoms with van der Waals surface area (Å²) < 4.78 is 5.86. The highest BCUT2D eigenvalue weighted by Gasteiger charge is 2.34. The smallest absolute Gasteiger partial charge is 0.121 e. The lowest BCUT2D eigenvalue weighted by Crippen LogP contribution is -2.48. The molecule has 1 fully saturated rings. The van der Waals surface area contributed by atoms with Crippen molar-refractivity contribution in [2.45, 2.75) is 33.7 Å². The fourth-order valence-corrected chi connectivity index (χ4v) is 2.70. The van der Waals surface area contributed by atoms with Crippen molar-refractivity contribution in [2.24, 2.45) is 5.41 Å². The maximum atomic E-state index is 5.86. The Labute approximate surface area is 128 Å². The van der Waals surface area contributed by atoms with E-state index < -0.39 is 0 Å². The average Bonchev–Trinajstić information content (AvgIpc) is 2.64. The average molecular weight is 309 g/mol. The first kappa shape index (κ1) is 18.8. The lowest BCUT2D eigenvalue weighted by atomic mass is 9.84. The van der Waals surface area contributed by atoms with Crippen LogP contribution < -0.4 is 5.32 Å². The van der Waals surface area contributed by atoms with E-state index in [4.69, 9.17) is 4.42 Å². The van der Waals surface area contributed by atoms with Crippen molar-refractivity contribution in [3.8, 4) is 0 Å². The zero-order valence-corrected chi connectivity index (χ0v) is 13.9. The Balaban J connectivity index is 0.00000162. The van der Waals surface area contributed by atoms with Gasteiger partial charge in [0.05, 0.1) is 6.04 Å². The number of nitrogens with zero attached hydrogens (tertiary/aromatic N) is 1. The number of nitrogens with one attached hydrogen (secondary N) is 1. The quantitative estimate of drug-likeness (QED) is 0.907. The molecule has 0 aliphatic carbocycles. The van der Waals surface area contributed by atoms with Gasteiger partial charge in [-0.1, -0.05) is 20.8 Å². The molecule has 0 unspecified atom stereocenters. The summed E-state index contributed by atoms with van der Waals surface area (Å²) >= 11 is 0. The van der Waals surface area contributed by atoms with Gasteiger partial charge < -0.3 is 9.73 Å². The van der Waals surface area contributed by atoms with Gasteiger partial charge in [0.2, 0.25) is 0 Å². The van der Waals surface area contributed by atoms with Crippen molar-refractivity contribution in [3.63, 3.8) is 0 Å². The summed E-state index contributed by atoms with van der Waals surface area (Å²) in [6, 6.07) is 4.57. The molecule has 1 aliphatic heterocycles. The zero-order valence-electron chi connectivity index (χ0n) is 12.2. The fourth-order valence-electron chi connectivity index (χ4n) is 2.70. The minimum atomic E-state index is 0. The Kier molecular flexibility index (Phi) is 7.45. The maximum absolute atomic E-state index is 5.86. The molecule has 5 heteroatoms. The van der Waals surface area contributed by atoms with Crippen LogP contribution >= 0.6 is 24.8 Å². The second kappa shape index (κ2) is 7.53. The van der Waals surface area contributed by atoms with E-state index in [1.54, 1.807) is 0 Å². The Bertz CT molecular complexity index is 368. The van der Waals surface area contributed by atoms with Gasteiger partial charge in [-0.2, -0.15) is 0 Å². The molecule has 0 spiro atoms. The Hall–Kier alpha value is -0.220. The van der Waals surface area contributed by atoms with E-state index in [0.29, 0.717) is 6.04 Å². The van der Waals surface area contributed by atoms with E-state index in [2.05, 4.69) is 43.1 Å². The molecule has 0 amide bonds. The van der Waals surface area contributed by atoms with Gasteiger partial charge in [0.1, 0.15) is 11.5 Å². The van der Waals surface area contributed by atoms with Crippen LogP contribution in [0, 0.1) is 12.3 Å². The third-order valence-electron chi connectivity index (χ3n) is 3.37. The highest BCUT2D eigenvalue weighted by atomic mass is 35.5. The van der Waals surface area contributed by atoms with Crippen molar-refractivity contribution in [3.05, 3.63) is 23.7 Å². The largest absolute Gasteiger partial charge is 0.465 e. The Morgan fingerprint density at radius 1 is 1.16 bits per heavy atom. The molecule has 3 nitrogen and oxygen atoms in total. The molecule has 0 bridgehead atoms. The summed E-state index contributed by atoms with van der Waals surface area (Å²) in [4.78, 5) is 2.54. The molecule has 0 aromatic carbocycles. The molecule has 1 atom stereocenters. The van der Waals surface area contributed by atoms with Gasteiger partial charge in [-0.05, 0) is 24.5 Å². The van der Waals surface area contributed by atoms with E-state index >= 15 is 0 Å². The topological polar surface area (TPSA) is 28.4 Å². The van der Waals surface area contributed by atoms with Crippen LogP contribution in [0.5, 0.6) is 0 Å². The first-order valence-electron chi connectivity index (χ1n) is 6.49. The monoisotopic (exact) mass is 308 g/mol. The van der Waals surface area contributed by atoms with Crippen LogP contribution in [0.3, 0.4) is 0 Å². The molecule has 1 N–H and O–H groups in total. The molecular weight excluding hydrogens is 283 g/mol. The van der Waals surface area contributed by atoms with Gasteiger partial charge in [0, 0.05) is 26.2 Å². The van der Waals surface area contributed by atoms with E-state index in [1.807, 2.05) is 6.92 Å². The minimum Gasteiger partial charge on any atom is -0.465 e. The number of hydrogen-bond acceptors (Lipinski definition) is 3. The molecule has 2 heterocycles. The van der Waals surface area contributed by atoms with Gasteiger partial charge in [-0.3, -0.25) is 4.90 Å². The third kappa shape index (κ3) is 4.67. The first-order chi connectivity index (χ1) is 7.98. The molecule has 112 valence electrons. The molecule has 0 saturated carbocycles. The van der Waals surface area contributed by atoms with Crippen LogP contribution in [0.25, 0.3) is 0 Å². The highest BCUT2D eigenvalue weighted by Crippen LogP contribution is 2.38. The van der Waals surface area contributed by atoms with E-state index in [-0.39, 0.29) is 30.2 Å². The predicted octanol–water partition coefficient (Wildman–Crippen LogP) is 3.42. The van der Waals surface area contributed by atoms with Gasteiger partial charge in [-0.15, -0.1) is 24.8 Å². The van der Waals surface area contributed by atoms with Crippen LogP contribution in [0.4, 0.5) is 0 Å². The third-order valence-corrected chi connectivity index (χ3v) is 3.37. The summed E-state index contributed by atoms with van der Waals surface area (Å²) in [5.74, 6) is 2.11. The summed E-state index contributed by atoms with van der Waals surface area (Å²) in [6.07, 6.45) is 0. The normalized spacial score (nSPS) is 18.3. The molecule has 1 aromatic rings. The van der Waals surface area contributed by atoms with E-state index in [1.165, 1.54) is 0 Å². The molecule has 2 rings (SSSR count). The number of rotatable bonds is 2. The van der Waals surface area contributed by atoms with Crippen LogP contribution in [-0.4, -0.2) is 31.1 Å². The van der Waals surface area contributed by atoms with Gasteiger partial charge in [0.15, 0.2) is 0 Å². The standard InChI is InChI=1S/C14H24N2O.2ClH/c1-11-5-6-12(17-11)13(14(2,3)4)16-9-7-15-8-10-16;;/h5-6,13,15H,7-10H2,1-4H3;2*1H/t13-;;/m1../s1. The second-order valence-corrected chi connectivity index (χ2v) is 6.00. The fraction of sp³-hybridized carbons (Fsp3) is 0.714. The number of halogens is 2. The van der Waals surface area contributed by atoms with Gasteiger partial charge in [0.25, 0.3) is 0 Å². The number of furan rings is 1. The summed E-state index contributed by atoms with van der Waals surface area (Å²) in [6.45, 7) is 13.2. The number of aryl methyl sites for hydroxylation is 1. The minimum absolute atomic E-state index is 0. The summed E-state index contributed by atoms with van der Waals surface area (Å²) in [7, 11) is 0. The van der Waals surface area contributed by atoms with Crippen LogP contribution in [0.15, 0.2) is 16.5 Å². The van der Waals surface area contributed by atoms with Gasteiger partial charge >= 0.3 is 0 Å². The second-order valence-electron chi connectivity index (χ2n) is 6.00. The SMILES string of the molecule is Cc1ccc([C@@H](N2CCNCC2)C(C)(C)C)o1.Cl.Cl. The van der Waals surface area contributed by atoms with Crippen molar-refractivity contribution >= 4 is 24.8 Å². The lowest BCUT2D eigenvalue weighted by molar-refractivity contribution is 0.0690. The molecule has 19 heavy (non-hydrogen) atoms. The number of hydrogen-bond donors (Lipinski definition) is 1. The zero-order chi connectivity index (χ0) is 12.5. The van der Waals surface area contributed by atoms with Crippen LogP contribution in [0.2, 0.25) is 0 Å². The van der Waals surface area contributed by atoms with Crippen molar-refractivity contribution in [1.82, 2.24) is 10.2 Å². The molecule has 1 saturated heterocycles. The van der Waals surface area contributed by atoms with E-state index in [9.17, 15) is 0 Å². The predicted molar refractivity (Wildman–Crippen MR) is 84.6 cm³/mol. The summed E-state index contributed by atoms with van der Waals surface area (Å²) in [5.41, 5.74) is 0.196. The lowest BCUT2D eigenvalue weighted by Gasteiger charge is -2.41. The summed E-state index contributed by atoms with van der Waals surface area (Å²) in [5, 5.41) is 3.41. The Morgan fingerprint density at radius 3 is 2.16 bits per heavy atom. The van der Waals surface area contributed by atoms with E-state index in [0.717, 1.165) is 37.7 Å². The van der Waals surface area contributed by atoms with Gasteiger partial charge in [-0.25, -0.2) is 0 Å². The molecule has 1 aliphatic rings. The first-order valence-corrected chi connectivity index (χ1v) is 6.49. The molecule has 1 aromatic heterocycles. The van der Waals surface area contributed by atoms with Crippen LogP contribution in [0.1, 0.15) is 38.3 Å². The van der Waals surface area contributed by atoms with Crippen molar-refractivity contribution in [2.75, 3.05) is 26.2 Å². The Morgan fingerprint density at radius 2 is 1.74 bits per heavy atom. The van der Waals surface area contributed by atoms with Crippen molar-refractivity contribution in [1.29, 1.82) is 0 Å².